The molecule has 2 heterocycles. The zero-order valence-corrected chi connectivity index (χ0v) is 15.5. The summed E-state index contributed by atoms with van der Waals surface area (Å²) >= 11 is 0. The highest BCUT2D eigenvalue weighted by atomic mass is 32.2. The molecule has 0 amide bonds. The molecular weight excluding hydrogens is 325 g/mol. The maximum absolute atomic E-state index is 12.5. The first kappa shape index (κ1) is 16.4. The average molecular weight is 349 g/mol. The number of nitrogens with zero attached hydrogens (tertiary/aromatic N) is 1. The van der Waals surface area contributed by atoms with Crippen molar-refractivity contribution in [3.8, 4) is 0 Å². The summed E-state index contributed by atoms with van der Waals surface area (Å²) in [6.45, 7) is 8.67. The monoisotopic (exact) mass is 349 g/mol. The van der Waals surface area contributed by atoms with Gasteiger partial charge in [0.2, 0.25) is 10.0 Å². The van der Waals surface area contributed by atoms with Crippen LogP contribution in [0.1, 0.15) is 46.1 Å². The van der Waals surface area contributed by atoms with E-state index in [1.54, 1.807) is 4.31 Å². The van der Waals surface area contributed by atoms with Gasteiger partial charge >= 0.3 is 7.12 Å². The Morgan fingerprint density at radius 2 is 1.75 bits per heavy atom. The first-order valence-corrected chi connectivity index (χ1v) is 10.1. The van der Waals surface area contributed by atoms with E-state index in [0.717, 1.165) is 36.0 Å². The van der Waals surface area contributed by atoms with E-state index in [0.29, 0.717) is 6.54 Å². The number of fused-ring (bicyclic) bond motifs is 1. The van der Waals surface area contributed by atoms with Crippen molar-refractivity contribution < 1.29 is 17.7 Å². The van der Waals surface area contributed by atoms with Crippen molar-refractivity contribution in [2.24, 2.45) is 0 Å². The molecule has 0 spiro atoms. The average Bonchev–Trinajstić information content (AvgIpc) is 3.21. The molecule has 0 N–H and O–H groups in total. The molecule has 2 aliphatic heterocycles. The van der Waals surface area contributed by atoms with Crippen LogP contribution in [0.4, 0.5) is 5.69 Å². The summed E-state index contributed by atoms with van der Waals surface area (Å²) in [5, 5.41) is -0.175. The lowest BCUT2D eigenvalue weighted by atomic mass is 9.78. The molecule has 130 valence electrons. The molecule has 24 heavy (non-hydrogen) atoms. The number of benzene rings is 1. The zero-order valence-electron chi connectivity index (χ0n) is 14.7. The fourth-order valence-electron chi connectivity index (χ4n) is 3.33. The van der Waals surface area contributed by atoms with Crippen LogP contribution in [0, 0.1) is 0 Å². The van der Waals surface area contributed by atoms with Crippen molar-refractivity contribution in [1.82, 2.24) is 0 Å². The minimum atomic E-state index is -3.18. The van der Waals surface area contributed by atoms with Crippen LogP contribution in [0.3, 0.4) is 0 Å². The molecule has 1 saturated carbocycles. The molecule has 1 aromatic rings. The van der Waals surface area contributed by atoms with Crippen LogP contribution in [-0.2, 0) is 25.8 Å². The number of hydrogen-bond acceptors (Lipinski definition) is 4. The predicted molar refractivity (Wildman–Crippen MR) is 95.1 cm³/mol. The van der Waals surface area contributed by atoms with E-state index in [2.05, 4.69) is 0 Å². The Kier molecular flexibility index (Phi) is 3.41. The molecule has 7 heteroatoms. The van der Waals surface area contributed by atoms with Gasteiger partial charge < -0.3 is 9.31 Å². The van der Waals surface area contributed by atoms with Gasteiger partial charge in [-0.2, -0.15) is 0 Å². The van der Waals surface area contributed by atoms with Crippen molar-refractivity contribution >= 4 is 28.3 Å². The van der Waals surface area contributed by atoms with Crippen LogP contribution in [0.25, 0.3) is 0 Å². The summed E-state index contributed by atoms with van der Waals surface area (Å²) in [7, 11) is -3.59. The third-order valence-electron chi connectivity index (χ3n) is 5.73. The lowest BCUT2D eigenvalue weighted by Crippen LogP contribution is -2.41. The normalized spacial score (nSPS) is 25.2. The molecule has 0 unspecified atom stereocenters. The second-order valence-electron chi connectivity index (χ2n) is 8.04. The van der Waals surface area contributed by atoms with Crippen LogP contribution < -0.4 is 9.77 Å². The van der Waals surface area contributed by atoms with Gasteiger partial charge in [0.25, 0.3) is 0 Å². The molecular formula is C17H24BNO4S. The quantitative estimate of drug-likeness (QED) is 0.782. The van der Waals surface area contributed by atoms with E-state index in [4.69, 9.17) is 9.31 Å². The fraction of sp³-hybridized carbons (Fsp3) is 0.647. The van der Waals surface area contributed by atoms with Crippen molar-refractivity contribution in [3.05, 3.63) is 23.8 Å². The summed E-state index contributed by atoms with van der Waals surface area (Å²) in [4.78, 5) is 0. The summed E-state index contributed by atoms with van der Waals surface area (Å²) in [6.07, 6.45) is 2.33. The minimum absolute atomic E-state index is 0.175. The van der Waals surface area contributed by atoms with Crippen molar-refractivity contribution in [1.29, 1.82) is 0 Å². The Morgan fingerprint density at radius 1 is 1.12 bits per heavy atom. The van der Waals surface area contributed by atoms with Crippen molar-refractivity contribution in [2.75, 3.05) is 10.8 Å². The lowest BCUT2D eigenvalue weighted by molar-refractivity contribution is 0.00578. The van der Waals surface area contributed by atoms with E-state index in [1.807, 2.05) is 45.9 Å². The van der Waals surface area contributed by atoms with Crippen LogP contribution >= 0.6 is 0 Å². The number of hydrogen-bond donors (Lipinski definition) is 0. The standard InChI is InChI=1S/C17H24BNO4S/c1-16(2)17(3,4)23-18(22-16)13-5-8-15-12(11-13)9-10-19(15)24(20,21)14-6-7-14/h5,8,11,14H,6-7,9-10H2,1-4H3. The van der Waals surface area contributed by atoms with Gasteiger partial charge in [0, 0.05) is 6.54 Å². The van der Waals surface area contributed by atoms with Crippen molar-refractivity contribution in [3.63, 3.8) is 0 Å². The highest BCUT2D eigenvalue weighted by Gasteiger charge is 2.52. The fourth-order valence-corrected chi connectivity index (χ4v) is 5.22. The third-order valence-corrected chi connectivity index (χ3v) is 8.04. The summed E-state index contributed by atoms with van der Waals surface area (Å²) in [5.41, 5.74) is 2.09. The van der Waals surface area contributed by atoms with Crippen LogP contribution in [-0.4, -0.2) is 38.5 Å². The molecule has 0 bridgehead atoms. The highest BCUT2D eigenvalue weighted by molar-refractivity contribution is 7.93. The molecule has 0 aromatic heterocycles. The van der Waals surface area contributed by atoms with E-state index < -0.39 is 17.1 Å². The maximum atomic E-state index is 12.5. The maximum Gasteiger partial charge on any atom is 0.494 e. The van der Waals surface area contributed by atoms with E-state index >= 15 is 0 Å². The molecule has 1 aromatic carbocycles. The number of rotatable bonds is 3. The zero-order chi connectivity index (χ0) is 17.3. The summed E-state index contributed by atoms with van der Waals surface area (Å²) in [6, 6.07) is 5.88. The van der Waals surface area contributed by atoms with Gasteiger partial charge in [0.05, 0.1) is 22.1 Å². The van der Waals surface area contributed by atoms with E-state index in [9.17, 15) is 8.42 Å². The Morgan fingerprint density at radius 3 is 2.33 bits per heavy atom. The topological polar surface area (TPSA) is 55.8 Å². The third kappa shape index (κ3) is 2.40. The SMILES string of the molecule is CC1(C)OB(c2ccc3c(c2)CCN3S(=O)(=O)C2CC2)OC1(C)C. The molecule has 1 saturated heterocycles. The second kappa shape index (κ2) is 4.99. The molecule has 2 fully saturated rings. The molecule has 3 aliphatic rings. The van der Waals surface area contributed by atoms with Gasteiger partial charge in [-0.25, -0.2) is 8.42 Å². The second-order valence-corrected chi connectivity index (χ2v) is 10.2. The molecule has 4 rings (SSSR count). The Hall–Kier alpha value is -1.05. The Balaban J connectivity index is 1.62. The molecule has 1 aliphatic carbocycles. The lowest BCUT2D eigenvalue weighted by Gasteiger charge is -2.32. The number of anilines is 1. The Labute approximate surface area is 144 Å². The van der Waals surface area contributed by atoms with Crippen LogP contribution in [0.5, 0.6) is 0 Å². The van der Waals surface area contributed by atoms with Gasteiger partial charge in [0.15, 0.2) is 0 Å². The Bertz CT molecular complexity index is 770. The van der Waals surface area contributed by atoms with Gasteiger partial charge in [-0.05, 0) is 64.1 Å². The smallest absolute Gasteiger partial charge is 0.399 e. The first-order chi connectivity index (χ1) is 11.1. The minimum Gasteiger partial charge on any atom is -0.399 e. The van der Waals surface area contributed by atoms with Crippen LogP contribution in [0.15, 0.2) is 18.2 Å². The van der Waals surface area contributed by atoms with E-state index in [-0.39, 0.29) is 16.5 Å². The van der Waals surface area contributed by atoms with Crippen LogP contribution in [0.2, 0.25) is 0 Å². The summed E-state index contributed by atoms with van der Waals surface area (Å²) < 4.78 is 38.9. The molecule has 0 atom stereocenters. The van der Waals surface area contributed by atoms with E-state index in [1.165, 1.54) is 0 Å². The van der Waals surface area contributed by atoms with Crippen molar-refractivity contribution in [2.45, 2.75) is 63.4 Å². The molecule has 0 radical (unpaired) electrons. The molecule has 5 nitrogen and oxygen atoms in total. The first-order valence-electron chi connectivity index (χ1n) is 8.62. The largest absolute Gasteiger partial charge is 0.494 e. The summed E-state index contributed by atoms with van der Waals surface area (Å²) in [5.74, 6) is 0. The van der Waals surface area contributed by atoms with Gasteiger partial charge in [-0.3, -0.25) is 4.31 Å². The predicted octanol–water partition coefficient (Wildman–Crippen LogP) is 1.84. The number of sulfonamides is 1. The highest BCUT2D eigenvalue weighted by Crippen LogP contribution is 2.39. The van der Waals surface area contributed by atoms with Gasteiger partial charge in [-0.1, -0.05) is 12.1 Å². The van der Waals surface area contributed by atoms with Gasteiger partial charge in [0.1, 0.15) is 0 Å². The van der Waals surface area contributed by atoms with Gasteiger partial charge in [-0.15, -0.1) is 0 Å².